The van der Waals surface area contributed by atoms with E-state index in [9.17, 15) is 99.0 Å². The number of rotatable bonds is 18. The highest BCUT2D eigenvalue weighted by atomic mass is 19.4. The van der Waals surface area contributed by atoms with Crippen LogP contribution in [0, 0.1) is 93.7 Å². The zero-order valence-corrected chi connectivity index (χ0v) is 78.3. The molecule has 28 heteroatoms. The van der Waals surface area contributed by atoms with E-state index in [1.54, 1.807) is 61.5 Å². The van der Waals surface area contributed by atoms with Gasteiger partial charge in [-0.15, -0.1) is 0 Å². The fourth-order valence-corrected chi connectivity index (χ4v) is 18.3. The summed E-state index contributed by atoms with van der Waals surface area (Å²) in [5, 5.41) is 0. The van der Waals surface area contributed by atoms with Crippen LogP contribution >= 0.6 is 0 Å². The first-order valence-electron chi connectivity index (χ1n) is 44.2. The van der Waals surface area contributed by atoms with Crippen LogP contribution in [0.2, 0.25) is 0 Å². The molecule has 12 rings (SSSR count). The van der Waals surface area contributed by atoms with Gasteiger partial charge in [0.15, 0.2) is 23.3 Å². The molecule has 0 amide bonds. The number of benzene rings is 6. The van der Waals surface area contributed by atoms with Crippen LogP contribution in [0.25, 0.3) is 0 Å². The first-order valence-corrected chi connectivity index (χ1v) is 44.2. The standard InChI is InChI=1S/2C18H20F4O2.4C17H20F2O2/c1-10(2)16(23)24-17(11(3)4)9-5-6-12-13(17)7-8-14(15(12)19)18(20,21)22;1-10(2)16(23)24-17(11(3)4)7-5-6-13-14(17)8-12(9-15(13)19)18(20,21)22;1-10(2)16(20)21-17(11(3)4)9-5-6-12-13(18)7-8-14(19)15(12)17;1-10(2)16(20)21-17(11(3)4)9-5-6-12-13(17)7-8-14(18)15(12)19;1-10(2)16(20)21-17(11(3)4)7-5-6-13-14(17)8-12(18)9-15(13)19;1-10(2)16(20)21-17(11(3)4)7-5-6-12-8-14(18)15(19)9-13(12)17/h7-8,11H,1,5-6,9H2,2-4H3;8-9,11H,1,5-7H2,2-4H3;2*7-8,11H,1,5-6,9H2,2-4H3;2*8-9,11H,1,5-7H2,2-4H3. The smallest absolute Gasteiger partial charge is 0.419 e. The second-order valence-corrected chi connectivity index (χ2v) is 36.9. The molecule has 0 saturated heterocycles. The third-order valence-corrected chi connectivity index (χ3v) is 25.7. The largest absolute Gasteiger partial charge is 0.451 e. The van der Waals surface area contributed by atoms with E-state index in [-0.39, 0.29) is 86.5 Å². The Morgan fingerprint density at radius 1 is 0.288 bits per heavy atom. The van der Waals surface area contributed by atoms with Crippen molar-refractivity contribution >= 4 is 35.8 Å². The Hall–Kier alpha value is -10.5. The summed E-state index contributed by atoms with van der Waals surface area (Å²) in [7, 11) is 0. The van der Waals surface area contributed by atoms with Crippen LogP contribution < -0.4 is 0 Å². The molecule has 0 aromatic heterocycles. The minimum Gasteiger partial charge on any atom is -0.451 e. The van der Waals surface area contributed by atoms with E-state index in [4.69, 9.17) is 28.4 Å². The lowest BCUT2D eigenvalue weighted by molar-refractivity contribution is -0.165. The van der Waals surface area contributed by atoms with E-state index in [0.717, 1.165) is 42.8 Å². The van der Waals surface area contributed by atoms with E-state index >= 15 is 0 Å². The Kier molecular flexibility index (Phi) is 35.5. The quantitative estimate of drug-likeness (QED) is 0.0348. The van der Waals surface area contributed by atoms with Crippen molar-refractivity contribution in [3.05, 3.63) is 282 Å². The summed E-state index contributed by atoms with van der Waals surface area (Å²) in [6, 6.07) is 12.8. The maximum atomic E-state index is 14.5. The third-order valence-electron chi connectivity index (χ3n) is 25.7. The van der Waals surface area contributed by atoms with E-state index in [0.29, 0.717) is 164 Å². The van der Waals surface area contributed by atoms with Gasteiger partial charge in [0.05, 0.1) is 11.1 Å². The van der Waals surface area contributed by atoms with Gasteiger partial charge in [-0.05, 0) is 281 Å². The van der Waals surface area contributed by atoms with E-state index in [1.807, 2.05) is 55.4 Å². The minimum absolute atomic E-state index is 0.0145. The molecule has 6 unspecified atom stereocenters. The summed E-state index contributed by atoms with van der Waals surface area (Å²) in [4.78, 5) is 72.1. The molecule has 0 heterocycles. The molecule has 0 fully saturated rings. The molecule has 0 saturated carbocycles. The minimum atomic E-state index is -4.76. The highest BCUT2D eigenvalue weighted by Gasteiger charge is 2.53. The van der Waals surface area contributed by atoms with Gasteiger partial charge in [-0.3, -0.25) is 0 Å². The molecule has 720 valence electrons. The van der Waals surface area contributed by atoms with Crippen LogP contribution in [0.1, 0.15) is 280 Å². The molecule has 6 atom stereocenters. The van der Waals surface area contributed by atoms with Gasteiger partial charge in [0.25, 0.3) is 0 Å². The number of fused-ring (bicyclic) bond motifs is 6. The highest BCUT2D eigenvalue weighted by molar-refractivity contribution is 5.90. The van der Waals surface area contributed by atoms with Crippen LogP contribution in [0.3, 0.4) is 0 Å². The van der Waals surface area contributed by atoms with Gasteiger partial charge >= 0.3 is 48.2 Å². The lowest BCUT2D eigenvalue weighted by Gasteiger charge is -2.42. The van der Waals surface area contributed by atoms with Crippen molar-refractivity contribution in [3.63, 3.8) is 0 Å². The zero-order chi connectivity index (χ0) is 99.7. The van der Waals surface area contributed by atoms with E-state index in [2.05, 4.69) is 39.5 Å². The molecule has 6 aromatic carbocycles. The Labute approximate surface area is 763 Å². The first-order chi connectivity index (χ1) is 61.1. The number of halogens is 16. The summed E-state index contributed by atoms with van der Waals surface area (Å²) < 4.78 is 252. The molecule has 0 aliphatic heterocycles. The van der Waals surface area contributed by atoms with Crippen LogP contribution in [0.15, 0.2) is 146 Å². The molecule has 0 N–H and O–H groups in total. The lowest BCUT2D eigenvalue weighted by atomic mass is 9.72. The maximum absolute atomic E-state index is 14.5. The molecule has 6 aromatic rings. The zero-order valence-electron chi connectivity index (χ0n) is 78.3. The van der Waals surface area contributed by atoms with Crippen LogP contribution in [-0.4, -0.2) is 35.8 Å². The average Bonchev–Trinajstić information content (AvgIpc) is 0.750. The van der Waals surface area contributed by atoms with Gasteiger partial charge in [0, 0.05) is 72.9 Å². The van der Waals surface area contributed by atoms with Gasteiger partial charge in [-0.2, -0.15) is 26.3 Å². The highest BCUT2D eigenvalue weighted by Crippen LogP contribution is 2.54. The number of carbonyl (C=O) groups excluding carboxylic acids is 6. The fourth-order valence-electron chi connectivity index (χ4n) is 18.3. The predicted octanol–water partition coefficient (Wildman–Crippen LogP) is 27.4. The van der Waals surface area contributed by atoms with E-state index in [1.165, 1.54) is 38.1 Å². The second-order valence-electron chi connectivity index (χ2n) is 36.9. The molecule has 132 heavy (non-hydrogen) atoms. The van der Waals surface area contributed by atoms with Gasteiger partial charge < -0.3 is 28.4 Å². The average molecular weight is 1870 g/mol. The molecule has 6 aliphatic carbocycles. The molecule has 0 spiro atoms. The Morgan fingerprint density at radius 3 is 0.955 bits per heavy atom. The van der Waals surface area contributed by atoms with Gasteiger partial charge in [0.1, 0.15) is 68.5 Å². The predicted molar refractivity (Wildman–Crippen MR) is 470 cm³/mol. The summed E-state index contributed by atoms with van der Waals surface area (Å²) >= 11 is 0. The van der Waals surface area contributed by atoms with Crippen LogP contribution in [0.4, 0.5) is 70.2 Å². The Morgan fingerprint density at radius 2 is 0.583 bits per heavy atom. The Balaban J connectivity index is 0.000000217. The number of ether oxygens (including phenoxy) is 6. The Bertz CT molecular complexity index is 5380. The van der Waals surface area contributed by atoms with Crippen molar-refractivity contribution in [2.45, 2.75) is 286 Å². The molecule has 0 bridgehead atoms. The van der Waals surface area contributed by atoms with Crippen LogP contribution in [-0.2, 0) is 142 Å². The molecule has 6 aliphatic rings. The number of hydrogen-bond acceptors (Lipinski definition) is 12. The van der Waals surface area contributed by atoms with Gasteiger partial charge in [-0.1, -0.05) is 135 Å². The first kappa shape index (κ1) is 108. The topological polar surface area (TPSA) is 158 Å². The lowest BCUT2D eigenvalue weighted by Crippen LogP contribution is -2.42. The van der Waals surface area contributed by atoms with Crippen molar-refractivity contribution in [3.8, 4) is 0 Å². The third kappa shape index (κ3) is 23.3. The van der Waals surface area contributed by atoms with Crippen LogP contribution in [0.5, 0.6) is 0 Å². The summed E-state index contributed by atoms with van der Waals surface area (Å²) in [6.45, 7) is 52.9. The normalized spacial score (nSPS) is 20.9. The van der Waals surface area contributed by atoms with E-state index < -0.39 is 151 Å². The summed E-state index contributed by atoms with van der Waals surface area (Å²) in [5.41, 5.74) is -3.06. The molecular weight excluding hydrogens is 1750 g/mol. The monoisotopic (exact) mass is 1860 g/mol. The number of hydrogen-bond donors (Lipinski definition) is 0. The second kappa shape index (κ2) is 43.2. The fraction of sp³-hybridized carbons (Fsp3) is 0.481. The van der Waals surface area contributed by atoms with Crippen molar-refractivity contribution in [2.24, 2.45) is 35.5 Å². The number of alkyl halides is 6. The van der Waals surface area contributed by atoms with Gasteiger partial charge in [0.2, 0.25) is 0 Å². The molecule has 0 radical (unpaired) electrons. The molecule has 12 nitrogen and oxygen atoms in total. The van der Waals surface area contributed by atoms with Crippen molar-refractivity contribution < 1.29 is 127 Å². The number of carbonyl (C=O) groups is 6. The van der Waals surface area contributed by atoms with Crippen molar-refractivity contribution in [1.29, 1.82) is 0 Å². The number of aryl methyl sites for hydroxylation is 1. The van der Waals surface area contributed by atoms with Crippen molar-refractivity contribution in [2.75, 3.05) is 0 Å². The molecular formula is C104H120F16O12. The maximum Gasteiger partial charge on any atom is 0.419 e. The number of esters is 6. The van der Waals surface area contributed by atoms with Gasteiger partial charge in [-0.25, -0.2) is 72.7 Å². The SMILES string of the molecule is C=C(C)C(=O)OC1(C(C)C)CCCc2c(F)cc(C(F)(F)F)cc21.C=C(C)C(=O)OC1(C(C)C)CCCc2c(F)cc(F)cc21.C=C(C)C(=O)OC1(C(C)C)CCCc2c(F)ccc(F)c21.C=C(C)C(=O)OC1(C(C)C)CCCc2c1ccc(C(F)(F)F)c2F.C=C(C)C(=O)OC1(C(C)C)CCCc2c1ccc(F)c2F.C=C(C)C(=O)OC1(C(C)C)CCCc2cc(F)c(F)cc21. The summed E-state index contributed by atoms with van der Waals surface area (Å²) in [6.07, 6.45) is -0.103. The summed E-state index contributed by atoms with van der Waals surface area (Å²) in [5.74, 6) is -12.1. The van der Waals surface area contributed by atoms with Crippen molar-refractivity contribution in [1.82, 2.24) is 0 Å².